The zero-order chi connectivity index (χ0) is 16.5. The van der Waals surface area contributed by atoms with Crippen molar-refractivity contribution in [2.24, 2.45) is 0 Å². The molecule has 0 unspecified atom stereocenters. The Morgan fingerprint density at radius 1 is 1.45 bits per heavy atom. The van der Waals surface area contributed by atoms with E-state index in [1.807, 2.05) is 0 Å². The van der Waals surface area contributed by atoms with E-state index >= 15 is 0 Å². The largest absolute Gasteiger partial charge is 0.480 e. The molecule has 1 N–H and O–H groups in total. The van der Waals surface area contributed by atoms with Gasteiger partial charge in [-0.1, -0.05) is 38.8 Å². The highest BCUT2D eigenvalue weighted by Crippen LogP contribution is 2.45. The molecule has 3 heteroatoms. The third-order valence-electron chi connectivity index (χ3n) is 4.86. The summed E-state index contributed by atoms with van der Waals surface area (Å²) in [5.41, 5.74) is 3.45. The average Bonchev–Trinajstić information content (AvgIpc) is 2.40. The van der Waals surface area contributed by atoms with Gasteiger partial charge in [-0.25, -0.2) is 4.79 Å². The fraction of sp³-hybridized carbons (Fsp3) is 0.632. The van der Waals surface area contributed by atoms with E-state index in [0.29, 0.717) is 12.3 Å². The van der Waals surface area contributed by atoms with Crippen molar-refractivity contribution in [2.75, 3.05) is 4.90 Å². The highest BCUT2D eigenvalue weighted by Gasteiger charge is 2.42. The lowest BCUT2D eigenvalue weighted by molar-refractivity contribution is -0.139. The Morgan fingerprint density at radius 2 is 2.14 bits per heavy atom. The molecule has 0 radical (unpaired) electrons. The molecule has 0 saturated heterocycles. The molecule has 22 heavy (non-hydrogen) atoms. The van der Waals surface area contributed by atoms with E-state index in [4.69, 9.17) is 0 Å². The van der Waals surface area contributed by atoms with E-state index in [1.165, 1.54) is 11.1 Å². The van der Waals surface area contributed by atoms with Gasteiger partial charge in [-0.05, 0) is 56.7 Å². The molecule has 0 saturated carbocycles. The van der Waals surface area contributed by atoms with Gasteiger partial charge in [0.05, 0.1) is 0 Å². The van der Waals surface area contributed by atoms with Crippen LogP contribution in [0.5, 0.6) is 0 Å². The van der Waals surface area contributed by atoms with Crippen LogP contribution in [0.4, 0.5) is 5.69 Å². The number of benzene rings is 1. The van der Waals surface area contributed by atoms with Gasteiger partial charge in [-0.2, -0.15) is 0 Å². The normalized spacial score (nSPS) is 21.3. The Morgan fingerprint density at radius 3 is 2.73 bits per heavy atom. The first kappa shape index (κ1) is 16.9. The van der Waals surface area contributed by atoms with Crippen LogP contribution in [0.1, 0.15) is 70.4 Å². The predicted octanol–water partition coefficient (Wildman–Crippen LogP) is 4.73. The van der Waals surface area contributed by atoms with Crippen LogP contribution in [0.15, 0.2) is 18.2 Å². The van der Waals surface area contributed by atoms with Crippen LogP contribution in [0.3, 0.4) is 0 Å². The molecule has 0 fully saturated rings. The quantitative estimate of drug-likeness (QED) is 0.854. The molecule has 2 rings (SSSR count). The molecule has 0 spiro atoms. The number of anilines is 1. The maximum Gasteiger partial charge on any atom is 0.326 e. The van der Waals surface area contributed by atoms with Gasteiger partial charge in [0.1, 0.15) is 6.04 Å². The molecule has 122 valence electrons. The molecule has 1 aliphatic rings. The molecule has 1 heterocycles. The number of rotatable bonds is 5. The first-order valence-electron chi connectivity index (χ1n) is 8.40. The Bertz CT molecular complexity index is 550. The second-order valence-electron chi connectivity index (χ2n) is 7.35. The van der Waals surface area contributed by atoms with Crippen molar-refractivity contribution in [1.82, 2.24) is 0 Å². The Labute approximate surface area is 134 Å². The van der Waals surface area contributed by atoms with Gasteiger partial charge < -0.3 is 10.0 Å². The summed E-state index contributed by atoms with van der Waals surface area (Å²) in [5.74, 6) is -0.244. The zero-order valence-electron chi connectivity index (χ0n) is 14.5. The van der Waals surface area contributed by atoms with Crippen molar-refractivity contribution in [1.29, 1.82) is 0 Å². The molecule has 1 aromatic carbocycles. The Hall–Kier alpha value is -1.51. The molecule has 0 amide bonds. The van der Waals surface area contributed by atoms with Crippen molar-refractivity contribution in [3.05, 3.63) is 29.3 Å². The van der Waals surface area contributed by atoms with E-state index in [2.05, 4.69) is 57.7 Å². The summed E-state index contributed by atoms with van der Waals surface area (Å²) in [5, 5.41) is 9.80. The Balaban J connectivity index is 2.53. The summed E-state index contributed by atoms with van der Waals surface area (Å²) < 4.78 is 0. The third-order valence-corrected chi connectivity index (χ3v) is 4.86. The lowest BCUT2D eigenvalue weighted by Gasteiger charge is -2.50. The van der Waals surface area contributed by atoms with Gasteiger partial charge in [-0.15, -0.1) is 0 Å². The van der Waals surface area contributed by atoms with Gasteiger partial charge in [0.2, 0.25) is 0 Å². The van der Waals surface area contributed by atoms with Crippen LogP contribution < -0.4 is 4.90 Å². The maximum absolute atomic E-state index is 11.9. The van der Waals surface area contributed by atoms with Crippen LogP contribution in [0.2, 0.25) is 0 Å². The van der Waals surface area contributed by atoms with Crippen LogP contribution in [-0.4, -0.2) is 22.7 Å². The van der Waals surface area contributed by atoms with Crippen molar-refractivity contribution in [3.63, 3.8) is 0 Å². The molecular formula is C19H29NO2. The molecule has 2 atom stereocenters. The first-order valence-corrected chi connectivity index (χ1v) is 8.40. The number of carbonyl (C=O) groups is 1. The number of fused-ring (bicyclic) bond motifs is 1. The van der Waals surface area contributed by atoms with E-state index in [-0.39, 0.29) is 5.54 Å². The van der Waals surface area contributed by atoms with Crippen LogP contribution >= 0.6 is 0 Å². The van der Waals surface area contributed by atoms with Crippen molar-refractivity contribution in [3.8, 4) is 0 Å². The minimum Gasteiger partial charge on any atom is -0.480 e. The highest BCUT2D eigenvalue weighted by atomic mass is 16.4. The second kappa shape index (κ2) is 6.31. The SMILES string of the molecule is CCCC[C@@H](C(=O)O)N1c2cc(C)ccc2[C@H](C)CC1(C)C. The number of aryl methyl sites for hydroxylation is 1. The van der Waals surface area contributed by atoms with E-state index in [1.54, 1.807) is 0 Å². The van der Waals surface area contributed by atoms with Gasteiger partial charge in [0.25, 0.3) is 0 Å². The summed E-state index contributed by atoms with van der Waals surface area (Å²) in [4.78, 5) is 14.1. The average molecular weight is 303 g/mol. The summed E-state index contributed by atoms with van der Waals surface area (Å²) >= 11 is 0. The lowest BCUT2D eigenvalue weighted by atomic mass is 9.78. The molecule has 3 nitrogen and oxygen atoms in total. The van der Waals surface area contributed by atoms with Gasteiger partial charge in [0, 0.05) is 11.2 Å². The molecular weight excluding hydrogens is 274 g/mol. The lowest BCUT2D eigenvalue weighted by Crippen LogP contribution is -2.56. The van der Waals surface area contributed by atoms with Crippen LogP contribution in [0, 0.1) is 6.92 Å². The smallest absolute Gasteiger partial charge is 0.326 e. The van der Waals surface area contributed by atoms with E-state index in [0.717, 1.165) is 24.9 Å². The highest BCUT2D eigenvalue weighted by molar-refractivity contribution is 5.80. The summed E-state index contributed by atoms with van der Waals surface area (Å²) in [6.45, 7) is 10.8. The standard InChI is InChI=1S/C19H29NO2/c1-6-7-8-16(18(21)22)20-17-11-13(2)9-10-15(17)14(3)12-19(20,4)5/h9-11,14,16H,6-8,12H2,1-5H3,(H,21,22)/t14-,16+/m1/s1. The summed E-state index contributed by atoms with van der Waals surface area (Å²) in [6, 6.07) is 6.03. The minimum atomic E-state index is -0.705. The molecule has 0 bridgehead atoms. The monoisotopic (exact) mass is 303 g/mol. The van der Waals surface area contributed by atoms with Crippen LogP contribution in [-0.2, 0) is 4.79 Å². The predicted molar refractivity (Wildman–Crippen MR) is 91.7 cm³/mol. The Kier molecular flexibility index (Phi) is 4.84. The fourth-order valence-electron chi connectivity index (χ4n) is 3.91. The minimum absolute atomic E-state index is 0.142. The van der Waals surface area contributed by atoms with Crippen molar-refractivity contribution in [2.45, 2.75) is 77.8 Å². The third kappa shape index (κ3) is 3.13. The van der Waals surface area contributed by atoms with Gasteiger partial charge in [-0.3, -0.25) is 0 Å². The zero-order valence-corrected chi connectivity index (χ0v) is 14.5. The fourth-order valence-corrected chi connectivity index (χ4v) is 3.91. The number of nitrogens with zero attached hydrogens (tertiary/aromatic N) is 1. The summed E-state index contributed by atoms with van der Waals surface area (Å²) in [6.07, 6.45) is 3.66. The number of hydrogen-bond acceptors (Lipinski definition) is 2. The van der Waals surface area contributed by atoms with Crippen molar-refractivity contribution < 1.29 is 9.90 Å². The first-order chi connectivity index (χ1) is 10.3. The molecule has 1 aliphatic heterocycles. The molecule has 0 aliphatic carbocycles. The number of aliphatic carboxylic acids is 1. The van der Waals surface area contributed by atoms with E-state index in [9.17, 15) is 9.90 Å². The van der Waals surface area contributed by atoms with Crippen LogP contribution in [0.25, 0.3) is 0 Å². The molecule has 1 aromatic rings. The van der Waals surface area contributed by atoms with Gasteiger partial charge >= 0.3 is 5.97 Å². The molecule has 0 aromatic heterocycles. The topological polar surface area (TPSA) is 40.5 Å². The number of carboxylic acid groups (broad SMARTS) is 1. The van der Waals surface area contributed by atoms with Crippen molar-refractivity contribution >= 4 is 11.7 Å². The number of carboxylic acids is 1. The number of unbranched alkanes of at least 4 members (excludes halogenated alkanes) is 1. The summed E-state index contributed by atoms with van der Waals surface area (Å²) in [7, 11) is 0. The van der Waals surface area contributed by atoms with E-state index < -0.39 is 12.0 Å². The second-order valence-corrected chi connectivity index (χ2v) is 7.35. The van der Waals surface area contributed by atoms with Gasteiger partial charge in [0.15, 0.2) is 0 Å². The maximum atomic E-state index is 11.9. The number of hydrogen-bond donors (Lipinski definition) is 1.